The van der Waals surface area contributed by atoms with Crippen LogP contribution in [-0.4, -0.2) is 44.4 Å². The number of rotatable bonds is 8. The van der Waals surface area contributed by atoms with Gasteiger partial charge in [-0.2, -0.15) is 10.1 Å². The molecule has 1 atom stereocenters. The molecule has 5 aromatic rings. The number of piperidine rings is 1. The third-order valence-corrected chi connectivity index (χ3v) is 7.95. The first kappa shape index (κ1) is 30.2. The van der Waals surface area contributed by atoms with Crippen molar-refractivity contribution in [2.75, 3.05) is 13.1 Å². The Morgan fingerprint density at radius 3 is 2.24 bits per heavy atom. The standard InChI is InChI=1S/C37H40N4O4/c1-37(2,3)45-36(42)41-22-12-17-28(23-41)29-18-11-19-30-33(39-40(4)34(29)30)31-20-21-32(43-24-26-13-7-5-8-14-26)38-35(31)44-25-27-15-9-6-10-16-27/h5-11,13-16,18-21,28H,12,17,22-25H2,1-4H3/t28-/m1/s1. The van der Waals surface area contributed by atoms with Gasteiger partial charge in [-0.3, -0.25) is 4.68 Å². The van der Waals surface area contributed by atoms with Gasteiger partial charge in [-0.15, -0.1) is 0 Å². The molecule has 45 heavy (non-hydrogen) atoms. The number of nitrogens with zero attached hydrogens (tertiary/aromatic N) is 4. The first-order chi connectivity index (χ1) is 21.7. The molecule has 0 radical (unpaired) electrons. The molecule has 1 aliphatic heterocycles. The summed E-state index contributed by atoms with van der Waals surface area (Å²) in [6.45, 7) is 7.78. The van der Waals surface area contributed by atoms with Crippen LogP contribution in [0.4, 0.5) is 4.79 Å². The van der Waals surface area contributed by atoms with E-state index in [1.807, 2.05) is 110 Å². The molecule has 0 saturated carbocycles. The number of fused-ring (bicyclic) bond motifs is 1. The van der Waals surface area contributed by atoms with Gasteiger partial charge in [-0.05, 0) is 56.4 Å². The van der Waals surface area contributed by atoms with Crippen molar-refractivity contribution in [3.8, 4) is 23.0 Å². The number of benzene rings is 3. The van der Waals surface area contributed by atoms with Crippen molar-refractivity contribution in [1.29, 1.82) is 0 Å². The topological polar surface area (TPSA) is 78.7 Å². The number of carbonyl (C=O) groups is 1. The largest absolute Gasteiger partial charge is 0.473 e. The normalized spacial score (nSPS) is 15.2. The van der Waals surface area contributed by atoms with E-state index in [4.69, 9.17) is 24.3 Å². The van der Waals surface area contributed by atoms with Crippen LogP contribution in [0.1, 0.15) is 56.2 Å². The lowest BCUT2D eigenvalue weighted by Gasteiger charge is -2.34. The van der Waals surface area contributed by atoms with Crippen LogP contribution in [0.15, 0.2) is 91.0 Å². The second-order valence-corrected chi connectivity index (χ2v) is 12.5. The van der Waals surface area contributed by atoms with Crippen molar-refractivity contribution in [2.24, 2.45) is 7.05 Å². The number of hydrogen-bond acceptors (Lipinski definition) is 6. The Labute approximate surface area is 264 Å². The molecule has 3 aromatic carbocycles. The Morgan fingerprint density at radius 1 is 0.867 bits per heavy atom. The minimum absolute atomic E-state index is 0.166. The number of ether oxygens (including phenoxy) is 3. The highest BCUT2D eigenvalue weighted by molar-refractivity contribution is 5.96. The Bertz CT molecular complexity index is 1760. The fourth-order valence-corrected chi connectivity index (χ4v) is 5.87. The van der Waals surface area contributed by atoms with Crippen LogP contribution in [-0.2, 0) is 25.0 Å². The van der Waals surface area contributed by atoms with E-state index in [0.29, 0.717) is 38.1 Å². The maximum atomic E-state index is 12.9. The maximum Gasteiger partial charge on any atom is 0.410 e. The molecule has 0 unspecified atom stereocenters. The van der Waals surface area contributed by atoms with E-state index < -0.39 is 5.60 Å². The molecule has 0 N–H and O–H groups in total. The van der Waals surface area contributed by atoms with E-state index in [2.05, 4.69) is 18.2 Å². The number of aryl methyl sites for hydroxylation is 1. The molecule has 1 fully saturated rings. The average Bonchev–Trinajstić information content (AvgIpc) is 3.39. The zero-order valence-corrected chi connectivity index (χ0v) is 26.4. The Morgan fingerprint density at radius 2 is 1.56 bits per heavy atom. The summed E-state index contributed by atoms with van der Waals surface area (Å²) < 4.78 is 20.1. The second kappa shape index (κ2) is 13.0. The Hall–Kier alpha value is -4.85. The number of para-hydroxylation sites is 1. The summed E-state index contributed by atoms with van der Waals surface area (Å²) >= 11 is 0. The van der Waals surface area contributed by atoms with Crippen LogP contribution in [0.5, 0.6) is 11.8 Å². The van der Waals surface area contributed by atoms with Gasteiger partial charge in [0, 0.05) is 37.5 Å². The van der Waals surface area contributed by atoms with Gasteiger partial charge in [-0.1, -0.05) is 78.9 Å². The van der Waals surface area contributed by atoms with Gasteiger partial charge < -0.3 is 19.1 Å². The molecule has 6 rings (SSSR count). The van der Waals surface area contributed by atoms with Gasteiger partial charge >= 0.3 is 6.09 Å². The molecule has 8 nitrogen and oxygen atoms in total. The molecule has 0 spiro atoms. The number of aromatic nitrogens is 3. The predicted molar refractivity (Wildman–Crippen MR) is 175 cm³/mol. The third-order valence-electron chi connectivity index (χ3n) is 7.95. The van der Waals surface area contributed by atoms with Crippen LogP contribution >= 0.6 is 0 Å². The van der Waals surface area contributed by atoms with Gasteiger partial charge in [0.1, 0.15) is 24.5 Å². The van der Waals surface area contributed by atoms with Gasteiger partial charge in [0.2, 0.25) is 11.8 Å². The van der Waals surface area contributed by atoms with Crippen molar-refractivity contribution in [2.45, 2.75) is 58.3 Å². The number of amides is 1. The minimum Gasteiger partial charge on any atom is -0.473 e. The van der Waals surface area contributed by atoms with Gasteiger partial charge in [0.15, 0.2) is 0 Å². The van der Waals surface area contributed by atoms with E-state index in [1.165, 1.54) is 5.56 Å². The first-order valence-corrected chi connectivity index (χ1v) is 15.5. The van der Waals surface area contributed by atoms with Crippen molar-refractivity contribution < 1.29 is 19.0 Å². The minimum atomic E-state index is -0.530. The molecule has 1 aliphatic rings. The van der Waals surface area contributed by atoms with Crippen LogP contribution in [0.25, 0.3) is 22.2 Å². The van der Waals surface area contributed by atoms with Crippen molar-refractivity contribution >= 4 is 17.0 Å². The summed E-state index contributed by atoms with van der Waals surface area (Å²) in [6.07, 6.45) is 1.64. The van der Waals surface area contributed by atoms with E-state index in [9.17, 15) is 4.79 Å². The highest BCUT2D eigenvalue weighted by Crippen LogP contribution is 2.39. The summed E-state index contributed by atoms with van der Waals surface area (Å²) in [4.78, 5) is 19.6. The first-order valence-electron chi connectivity index (χ1n) is 15.5. The molecular formula is C37H40N4O4. The summed E-state index contributed by atoms with van der Waals surface area (Å²) in [7, 11) is 1.97. The SMILES string of the molecule is Cn1nc(-c2ccc(OCc3ccccc3)nc2OCc2ccccc2)c2cccc([C@@H]3CCCN(C(=O)OC(C)(C)C)C3)c21. The number of pyridine rings is 1. The highest BCUT2D eigenvalue weighted by Gasteiger charge is 2.30. The van der Waals surface area contributed by atoms with E-state index >= 15 is 0 Å². The van der Waals surface area contributed by atoms with Crippen LogP contribution in [0, 0.1) is 0 Å². The van der Waals surface area contributed by atoms with E-state index in [-0.39, 0.29) is 12.0 Å². The zero-order chi connectivity index (χ0) is 31.4. The maximum absolute atomic E-state index is 12.9. The molecule has 0 bridgehead atoms. The lowest BCUT2D eigenvalue weighted by molar-refractivity contribution is 0.0198. The van der Waals surface area contributed by atoms with Gasteiger partial charge in [0.05, 0.1) is 11.1 Å². The van der Waals surface area contributed by atoms with E-state index in [1.54, 1.807) is 0 Å². The molecule has 8 heteroatoms. The van der Waals surface area contributed by atoms with Crippen molar-refractivity contribution in [1.82, 2.24) is 19.7 Å². The summed E-state index contributed by atoms with van der Waals surface area (Å²) in [6, 6.07) is 30.2. The Balaban J connectivity index is 1.33. The lowest BCUT2D eigenvalue weighted by Crippen LogP contribution is -2.42. The van der Waals surface area contributed by atoms with E-state index in [0.717, 1.165) is 46.1 Å². The lowest BCUT2D eigenvalue weighted by atomic mass is 9.89. The molecule has 232 valence electrons. The quantitative estimate of drug-likeness (QED) is 0.179. The summed E-state index contributed by atoms with van der Waals surface area (Å²) in [5.74, 6) is 1.11. The zero-order valence-electron chi connectivity index (χ0n) is 26.4. The van der Waals surface area contributed by atoms with Crippen molar-refractivity contribution in [3.05, 3.63) is 108 Å². The number of carbonyl (C=O) groups excluding carboxylic acids is 1. The van der Waals surface area contributed by atoms with Crippen LogP contribution < -0.4 is 9.47 Å². The van der Waals surface area contributed by atoms with Crippen molar-refractivity contribution in [3.63, 3.8) is 0 Å². The van der Waals surface area contributed by atoms with Crippen LogP contribution in [0.2, 0.25) is 0 Å². The molecule has 0 aliphatic carbocycles. The Kier molecular flexibility index (Phi) is 8.74. The molecule has 3 heterocycles. The average molecular weight is 605 g/mol. The third kappa shape index (κ3) is 7.11. The summed E-state index contributed by atoms with van der Waals surface area (Å²) in [5, 5.41) is 6.02. The fraction of sp³-hybridized carbons (Fsp3) is 0.324. The second-order valence-electron chi connectivity index (χ2n) is 12.5. The monoisotopic (exact) mass is 604 g/mol. The fourth-order valence-electron chi connectivity index (χ4n) is 5.87. The molecule has 1 amide bonds. The smallest absolute Gasteiger partial charge is 0.410 e. The molecular weight excluding hydrogens is 564 g/mol. The number of hydrogen-bond donors (Lipinski definition) is 0. The van der Waals surface area contributed by atoms with Gasteiger partial charge in [-0.25, -0.2) is 4.79 Å². The molecule has 1 saturated heterocycles. The predicted octanol–water partition coefficient (Wildman–Crippen LogP) is 7.91. The van der Waals surface area contributed by atoms with Crippen LogP contribution in [0.3, 0.4) is 0 Å². The number of likely N-dealkylation sites (tertiary alicyclic amines) is 1. The molecule has 2 aromatic heterocycles. The van der Waals surface area contributed by atoms with Gasteiger partial charge in [0.25, 0.3) is 0 Å². The highest BCUT2D eigenvalue weighted by atomic mass is 16.6. The summed E-state index contributed by atoms with van der Waals surface area (Å²) in [5.41, 5.74) is 5.37.